The number of hydrogen-bond donors (Lipinski definition) is 2. The van der Waals surface area contributed by atoms with Crippen molar-refractivity contribution < 1.29 is 23.5 Å². The second-order valence-electron chi connectivity index (χ2n) is 5.58. The Morgan fingerprint density at radius 3 is 2.73 bits per heavy atom. The van der Waals surface area contributed by atoms with Crippen LogP contribution in [-0.4, -0.2) is 41.5 Å². The summed E-state index contributed by atoms with van der Waals surface area (Å²) in [6, 6.07) is 6.14. The van der Waals surface area contributed by atoms with Gasteiger partial charge in [-0.1, -0.05) is 12.1 Å². The number of nitrogens with zero attached hydrogens (tertiary/aromatic N) is 1. The molecule has 1 aromatic carbocycles. The lowest BCUT2D eigenvalue weighted by atomic mass is 10.3. The highest BCUT2D eigenvalue weighted by Gasteiger charge is 2.16. The number of fused-ring (bicyclic) bond motifs is 1. The normalized spacial score (nSPS) is 11.8. The number of para-hydroxylation sites is 2. The first-order valence-electron chi connectivity index (χ1n) is 8.23. The molecule has 0 aliphatic rings. The number of aryl methyl sites for hydroxylation is 1. The van der Waals surface area contributed by atoms with E-state index in [1.54, 1.807) is 31.2 Å². The number of carbonyl (C=O) groups excluding carboxylic acids is 3. The number of esters is 1. The fourth-order valence-corrected chi connectivity index (χ4v) is 2.32. The van der Waals surface area contributed by atoms with Gasteiger partial charge in [0.1, 0.15) is 6.04 Å². The van der Waals surface area contributed by atoms with Crippen LogP contribution in [0.2, 0.25) is 0 Å². The summed E-state index contributed by atoms with van der Waals surface area (Å²) in [5.74, 6) is -2.10. The maximum absolute atomic E-state index is 11.8. The molecule has 2 N–H and O–H groups in total. The van der Waals surface area contributed by atoms with Gasteiger partial charge >= 0.3 is 11.7 Å². The van der Waals surface area contributed by atoms with Gasteiger partial charge in [-0.3, -0.25) is 19.0 Å². The molecular formula is C17H21N3O6. The average Bonchev–Trinajstić information content (AvgIpc) is 2.93. The van der Waals surface area contributed by atoms with Crippen LogP contribution in [0.25, 0.3) is 11.1 Å². The second kappa shape index (κ2) is 8.84. The van der Waals surface area contributed by atoms with Gasteiger partial charge in [-0.05, 0) is 26.0 Å². The predicted octanol–water partition coefficient (Wildman–Crippen LogP) is 0.169. The van der Waals surface area contributed by atoms with Crippen LogP contribution in [0.15, 0.2) is 33.5 Å². The molecular weight excluding hydrogens is 342 g/mol. The minimum Gasteiger partial charge on any atom is -0.456 e. The Bertz CT molecular complexity index is 854. The Morgan fingerprint density at radius 1 is 1.27 bits per heavy atom. The van der Waals surface area contributed by atoms with E-state index in [0.717, 1.165) is 0 Å². The van der Waals surface area contributed by atoms with Gasteiger partial charge in [-0.25, -0.2) is 4.79 Å². The molecule has 1 heterocycles. The van der Waals surface area contributed by atoms with Crippen LogP contribution in [0, 0.1) is 0 Å². The number of rotatable bonds is 8. The Morgan fingerprint density at radius 2 is 2.00 bits per heavy atom. The van der Waals surface area contributed by atoms with Crippen LogP contribution in [-0.2, 0) is 25.7 Å². The monoisotopic (exact) mass is 363 g/mol. The highest BCUT2D eigenvalue weighted by molar-refractivity contribution is 5.88. The summed E-state index contributed by atoms with van der Waals surface area (Å²) in [5, 5.41) is 4.99. The first-order chi connectivity index (χ1) is 12.4. The molecule has 0 radical (unpaired) electrons. The Labute approximate surface area is 149 Å². The van der Waals surface area contributed by atoms with Crippen LogP contribution >= 0.6 is 0 Å². The minimum atomic E-state index is -0.725. The molecule has 0 saturated carbocycles. The van der Waals surface area contributed by atoms with Gasteiger partial charge in [0, 0.05) is 13.1 Å². The van der Waals surface area contributed by atoms with E-state index in [-0.39, 0.29) is 18.9 Å². The van der Waals surface area contributed by atoms with Gasteiger partial charge in [0.2, 0.25) is 5.91 Å². The summed E-state index contributed by atoms with van der Waals surface area (Å²) in [4.78, 5) is 46.8. The van der Waals surface area contributed by atoms with Crippen LogP contribution in [0.3, 0.4) is 0 Å². The summed E-state index contributed by atoms with van der Waals surface area (Å²) in [7, 11) is 0. The number of oxazole rings is 1. The molecule has 1 atom stereocenters. The van der Waals surface area contributed by atoms with E-state index in [9.17, 15) is 19.2 Å². The highest BCUT2D eigenvalue weighted by Crippen LogP contribution is 2.12. The molecule has 26 heavy (non-hydrogen) atoms. The maximum Gasteiger partial charge on any atom is 0.419 e. The predicted molar refractivity (Wildman–Crippen MR) is 92.3 cm³/mol. The van der Waals surface area contributed by atoms with E-state index in [4.69, 9.17) is 9.15 Å². The molecule has 2 amide bonds. The van der Waals surface area contributed by atoms with E-state index in [1.165, 1.54) is 11.5 Å². The number of amides is 2. The van der Waals surface area contributed by atoms with Crippen molar-refractivity contribution in [1.29, 1.82) is 0 Å². The number of nitrogens with one attached hydrogen (secondary N) is 2. The molecule has 0 unspecified atom stereocenters. The summed E-state index contributed by atoms with van der Waals surface area (Å²) in [6.45, 7) is 3.33. The Hall–Kier alpha value is -3.10. The Kier molecular flexibility index (Phi) is 6.54. The van der Waals surface area contributed by atoms with Gasteiger partial charge in [0.05, 0.1) is 11.9 Å². The third-order valence-electron chi connectivity index (χ3n) is 3.60. The topological polar surface area (TPSA) is 120 Å². The van der Waals surface area contributed by atoms with Gasteiger partial charge in [0.15, 0.2) is 12.2 Å². The first kappa shape index (κ1) is 19.2. The van der Waals surface area contributed by atoms with Crippen molar-refractivity contribution in [3.8, 4) is 0 Å². The fourth-order valence-electron chi connectivity index (χ4n) is 2.32. The lowest BCUT2D eigenvalue weighted by molar-refractivity contribution is -0.149. The van der Waals surface area contributed by atoms with Crippen molar-refractivity contribution in [3.63, 3.8) is 0 Å². The number of ether oxygens (including phenoxy) is 1. The van der Waals surface area contributed by atoms with E-state index in [0.29, 0.717) is 17.6 Å². The maximum atomic E-state index is 11.8. The van der Waals surface area contributed by atoms with Crippen LogP contribution in [0.1, 0.15) is 20.3 Å². The third-order valence-corrected chi connectivity index (χ3v) is 3.60. The number of carbonyl (C=O) groups is 3. The van der Waals surface area contributed by atoms with Gasteiger partial charge in [-0.2, -0.15) is 0 Å². The van der Waals surface area contributed by atoms with Crippen molar-refractivity contribution in [2.24, 2.45) is 0 Å². The fraction of sp³-hybridized carbons (Fsp3) is 0.412. The average molecular weight is 363 g/mol. The van der Waals surface area contributed by atoms with Gasteiger partial charge in [-0.15, -0.1) is 0 Å². The Balaban J connectivity index is 1.80. The third kappa shape index (κ3) is 4.95. The van der Waals surface area contributed by atoms with Crippen molar-refractivity contribution in [3.05, 3.63) is 34.8 Å². The number of benzene rings is 1. The number of aromatic nitrogens is 1. The zero-order chi connectivity index (χ0) is 19.1. The van der Waals surface area contributed by atoms with E-state index in [2.05, 4.69) is 10.6 Å². The van der Waals surface area contributed by atoms with Gasteiger partial charge < -0.3 is 19.8 Å². The van der Waals surface area contributed by atoms with Crippen LogP contribution < -0.4 is 16.4 Å². The van der Waals surface area contributed by atoms with Crippen LogP contribution in [0.4, 0.5) is 0 Å². The zero-order valence-electron chi connectivity index (χ0n) is 14.6. The lowest BCUT2D eigenvalue weighted by Crippen LogP contribution is -2.46. The molecule has 0 bridgehead atoms. The molecule has 0 spiro atoms. The quantitative estimate of drug-likeness (QED) is 0.645. The summed E-state index contributed by atoms with van der Waals surface area (Å²) >= 11 is 0. The van der Waals surface area contributed by atoms with Crippen molar-refractivity contribution in [2.45, 2.75) is 32.9 Å². The SMILES string of the molecule is CCNC(=O)[C@H](C)NC(=O)COC(=O)CCn1c(=O)oc2ccccc21. The molecule has 9 heteroatoms. The van der Waals surface area contributed by atoms with Gasteiger partial charge in [0.25, 0.3) is 5.91 Å². The summed E-state index contributed by atoms with van der Waals surface area (Å²) < 4.78 is 11.3. The molecule has 0 fully saturated rings. The number of likely N-dealkylation sites (N-methyl/N-ethyl adjacent to an activating group) is 1. The van der Waals surface area contributed by atoms with Crippen molar-refractivity contribution >= 4 is 28.9 Å². The largest absolute Gasteiger partial charge is 0.456 e. The lowest BCUT2D eigenvalue weighted by Gasteiger charge is -2.13. The first-order valence-corrected chi connectivity index (χ1v) is 8.23. The summed E-state index contributed by atoms with van der Waals surface area (Å²) in [5.41, 5.74) is 1.02. The highest BCUT2D eigenvalue weighted by atomic mass is 16.5. The number of hydrogen-bond acceptors (Lipinski definition) is 6. The zero-order valence-corrected chi connectivity index (χ0v) is 14.6. The molecule has 0 aliphatic heterocycles. The summed E-state index contributed by atoms with van der Waals surface area (Å²) in [6.07, 6.45) is -0.0947. The molecule has 2 rings (SSSR count). The molecule has 0 aliphatic carbocycles. The van der Waals surface area contributed by atoms with Crippen molar-refractivity contribution in [1.82, 2.24) is 15.2 Å². The molecule has 0 saturated heterocycles. The molecule has 9 nitrogen and oxygen atoms in total. The van der Waals surface area contributed by atoms with E-state index in [1.807, 2.05) is 0 Å². The minimum absolute atomic E-state index is 0.0750. The standard InChI is InChI=1S/C17H21N3O6/c1-3-18-16(23)11(2)19-14(21)10-25-15(22)8-9-20-12-6-4-5-7-13(12)26-17(20)24/h4-7,11H,3,8-10H2,1-2H3,(H,18,23)(H,19,21)/t11-/m0/s1. The van der Waals surface area contributed by atoms with E-state index < -0.39 is 30.3 Å². The second-order valence-corrected chi connectivity index (χ2v) is 5.58. The smallest absolute Gasteiger partial charge is 0.419 e. The molecule has 1 aromatic heterocycles. The van der Waals surface area contributed by atoms with Crippen molar-refractivity contribution in [2.75, 3.05) is 13.2 Å². The van der Waals surface area contributed by atoms with Crippen LogP contribution in [0.5, 0.6) is 0 Å². The van der Waals surface area contributed by atoms with E-state index >= 15 is 0 Å². The molecule has 140 valence electrons. The molecule has 2 aromatic rings.